The van der Waals surface area contributed by atoms with Gasteiger partial charge in [0.1, 0.15) is 6.54 Å². The van der Waals surface area contributed by atoms with Crippen molar-refractivity contribution in [3.8, 4) is 11.5 Å². The molecular weight excluding hydrogens is 396 g/mol. The predicted octanol–water partition coefficient (Wildman–Crippen LogP) is 2.61. The summed E-state index contributed by atoms with van der Waals surface area (Å²) in [5.41, 5.74) is 2.11. The van der Waals surface area contributed by atoms with E-state index >= 15 is 0 Å². The zero-order valence-electron chi connectivity index (χ0n) is 14.5. The summed E-state index contributed by atoms with van der Waals surface area (Å²) in [5, 5.41) is 3.02. The summed E-state index contributed by atoms with van der Waals surface area (Å²) >= 11 is 3.47. The number of likely N-dealkylation sites (tertiary alicyclic amines) is 1. The van der Waals surface area contributed by atoms with Crippen LogP contribution in [0.15, 0.2) is 46.9 Å². The Morgan fingerprint density at radius 2 is 1.81 bits per heavy atom. The van der Waals surface area contributed by atoms with E-state index in [1.54, 1.807) is 4.90 Å². The number of hydrogen-bond acceptors (Lipinski definition) is 3. The largest absolute Gasteiger partial charge is 0.454 e. The number of ether oxygens (including phenoxy) is 2. The second-order valence-corrected chi connectivity index (χ2v) is 7.80. The van der Waals surface area contributed by atoms with E-state index in [2.05, 4.69) is 45.5 Å². The molecule has 26 heavy (non-hydrogen) atoms. The van der Waals surface area contributed by atoms with Crippen LogP contribution in [0.25, 0.3) is 0 Å². The number of nitrogens with one attached hydrogen (secondary N) is 2. The Kier molecular flexibility index (Phi) is 5.13. The molecule has 2 aromatic rings. The maximum Gasteiger partial charge on any atom is 0.231 e. The van der Waals surface area contributed by atoms with E-state index in [9.17, 15) is 4.79 Å². The van der Waals surface area contributed by atoms with E-state index in [4.69, 9.17) is 9.47 Å². The Labute approximate surface area is 161 Å². The van der Waals surface area contributed by atoms with Crippen molar-refractivity contribution in [2.24, 2.45) is 5.92 Å². The highest BCUT2D eigenvalue weighted by Crippen LogP contribution is 2.34. The highest BCUT2D eigenvalue weighted by Gasteiger charge is 2.27. The number of quaternary nitrogens is 1. The SMILES string of the molecule is O=C(Nc1ccc2c(c1)OCO2)C1CC[NH+](Cc2ccc(Br)cc2)CC1. The van der Waals surface area contributed by atoms with Crippen molar-refractivity contribution in [2.75, 3.05) is 25.2 Å². The second kappa shape index (κ2) is 7.68. The third-order valence-corrected chi connectivity index (χ3v) is 5.60. The predicted molar refractivity (Wildman–Crippen MR) is 102 cm³/mol. The third kappa shape index (κ3) is 4.02. The summed E-state index contributed by atoms with van der Waals surface area (Å²) in [5.74, 6) is 1.60. The molecule has 1 amide bonds. The van der Waals surface area contributed by atoms with Gasteiger partial charge in [-0.15, -0.1) is 0 Å². The fourth-order valence-electron chi connectivity index (χ4n) is 3.57. The molecule has 2 N–H and O–H groups in total. The van der Waals surface area contributed by atoms with Crippen molar-refractivity contribution < 1.29 is 19.2 Å². The molecule has 0 bridgehead atoms. The van der Waals surface area contributed by atoms with E-state index in [0.717, 1.165) is 48.4 Å². The van der Waals surface area contributed by atoms with Crippen molar-refractivity contribution in [1.29, 1.82) is 0 Å². The monoisotopic (exact) mass is 417 g/mol. The summed E-state index contributed by atoms with van der Waals surface area (Å²) in [4.78, 5) is 14.1. The molecule has 1 saturated heterocycles. The van der Waals surface area contributed by atoms with Crippen LogP contribution in [0.4, 0.5) is 5.69 Å². The van der Waals surface area contributed by atoms with Crippen molar-refractivity contribution >= 4 is 27.5 Å². The first-order valence-electron chi connectivity index (χ1n) is 8.96. The number of carbonyl (C=O) groups excluding carboxylic acids is 1. The van der Waals surface area contributed by atoms with Crippen LogP contribution in [0.1, 0.15) is 18.4 Å². The highest BCUT2D eigenvalue weighted by molar-refractivity contribution is 9.10. The van der Waals surface area contributed by atoms with Gasteiger partial charge in [-0.3, -0.25) is 4.79 Å². The van der Waals surface area contributed by atoms with E-state index in [0.29, 0.717) is 5.75 Å². The molecule has 0 aromatic heterocycles. The van der Waals surface area contributed by atoms with Crippen LogP contribution in [-0.4, -0.2) is 25.8 Å². The number of carbonyl (C=O) groups is 1. The van der Waals surface area contributed by atoms with Crippen molar-refractivity contribution in [3.63, 3.8) is 0 Å². The van der Waals surface area contributed by atoms with E-state index in [-0.39, 0.29) is 18.6 Å². The zero-order chi connectivity index (χ0) is 17.9. The van der Waals surface area contributed by atoms with Gasteiger partial charge in [-0.05, 0) is 24.3 Å². The van der Waals surface area contributed by atoms with Gasteiger partial charge in [0.2, 0.25) is 12.7 Å². The quantitative estimate of drug-likeness (QED) is 0.803. The Hall–Kier alpha value is -2.05. The minimum Gasteiger partial charge on any atom is -0.454 e. The lowest BCUT2D eigenvalue weighted by Crippen LogP contribution is -3.11. The summed E-state index contributed by atoms with van der Waals surface area (Å²) in [6, 6.07) is 14.0. The zero-order valence-corrected chi connectivity index (χ0v) is 16.1. The molecule has 2 aromatic carbocycles. The van der Waals surface area contributed by atoms with Gasteiger partial charge < -0.3 is 19.7 Å². The second-order valence-electron chi connectivity index (χ2n) is 6.88. The lowest BCUT2D eigenvalue weighted by molar-refractivity contribution is -0.919. The molecular formula is C20H22BrN2O3+. The molecule has 0 radical (unpaired) electrons. The number of benzene rings is 2. The molecule has 0 atom stereocenters. The number of halogens is 1. The van der Waals surface area contributed by atoms with Crippen LogP contribution < -0.4 is 19.7 Å². The first kappa shape index (κ1) is 17.4. The molecule has 4 rings (SSSR count). The summed E-state index contributed by atoms with van der Waals surface area (Å²) < 4.78 is 11.8. The number of rotatable bonds is 4. The van der Waals surface area contributed by atoms with Gasteiger partial charge in [0.25, 0.3) is 0 Å². The van der Waals surface area contributed by atoms with Gasteiger partial charge in [-0.25, -0.2) is 0 Å². The smallest absolute Gasteiger partial charge is 0.231 e. The standard InChI is InChI=1S/C20H21BrN2O3/c21-16-3-1-14(2-4-16)12-23-9-7-15(8-10-23)20(24)22-17-5-6-18-19(11-17)26-13-25-18/h1-6,11,15H,7-10,12-13H2,(H,22,24)/p+1. The van der Waals surface area contributed by atoms with Crippen LogP contribution in [0.5, 0.6) is 11.5 Å². The molecule has 1 fully saturated rings. The Morgan fingerprint density at radius 1 is 1.08 bits per heavy atom. The normalized spacial score (nSPS) is 21.4. The van der Waals surface area contributed by atoms with Crippen molar-refractivity contribution in [2.45, 2.75) is 19.4 Å². The van der Waals surface area contributed by atoms with Crippen LogP contribution in [0.2, 0.25) is 0 Å². The molecule has 5 nitrogen and oxygen atoms in total. The lowest BCUT2D eigenvalue weighted by Gasteiger charge is -2.28. The highest BCUT2D eigenvalue weighted by atomic mass is 79.9. The number of amides is 1. The fraction of sp³-hybridized carbons (Fsp3) is 0.350. The Morgan fingerprint density at radius 3 is 2.58 bits per heavy atom. The minimum absolute atomic E-state index is 0.0779. The average molecular weight is 418 g/mol. The van der Waals surface area contributed by atoms with Gasteiger partial charge in [0.15, 0.2) is 11.5 Å². The van der Waals surface area contributed by atoms with Crippen LogP contribution in [0, 0.1) is 5.92 Å². The Bertz CT molecular complexity index is 786. The molecule has 6 heteroatoms. The maximum atomic E-state index is 12.6. The molecule has 0 saturated carbocycles. The molecule has 2 aliphatic heterocycles. The number of fused-ring (bicyclic) bond motifs is 1. The molecule has 0 unspecified atom stereocenters. The van der Waals surface area contributed by atoms with E-state index < -0.39 is 0 Å². The maximum absolute atomic E-state index is 12.6. The molecule has 2 aliphatic rings. The van der Waals surface area contributed by atoms with Gasteiger partial charge in [0.05, 0.1) is 13.1 Å². The molecule has 0 spiro atoms. The van der Waals surface area contributed by atoms with Gasteiger partial charge in [-0.1, -0.05) is 28.1 Å². The molecule has 0 aliphatic carbocycles. The minimum atomic E-state index is 0.0779. The van der Waals surface area contributed by atoms with Gasteiger partial charge in [0, 0.05) is 40.5 Å². The van der Waals surface area contributed by atoms with Gasteiger partial charge >= 0.3 is 0 Å². The number of hydrogen-bond donors (Lipinski definition) is 2. The molecule has 136 valence electrons. The summed E-state index contributed by atoms with van der Waals surface area (Å²) in [6.07, 6.45) is 1.84. The first-order valence-corrected chi connectivity index (χ1v) is 9.75. The van der Waals surface area contributed by atoms with Crippen molar-refractivity contribution in [1.82, 2.24) is 0 Å². The number of anilines is 1. The van der Waals surface area contributed by atoms with Crippen LogP contribution >= 0.6 is 15.9 Å². The summed E-state index contributed by atoms with van der Waals surface area (Å²) in [6.45, 7) is 3.31. The lowest BCUT2D eigenvalue weighted by atomic mass is 9.95. The van der Waals surface area contributed by atoms with E-state index in [1.807, 2.05) is 18.2 Å². The summed E-state index contributed by atoms with van der Waals surface area (Å²) in [7, 11) is 0. The van der Waals surface area contributed by atoms with Crippen LogP contribution in [0.3, 0.4) is 0 Å². The Balaban J connectivity index is 1.28. The number of piperidine rings is 1. The average Bonchev–Trinajstić information content (AvgIpc) is 3.12. The fourth-order valence-corrected chi connectivity index (χ4v) is 3.84. The van der Waals surface area contributed by atoms with Crippen molar-refractivity contribution in [3.05, 3.63) is 52.5 Å². The first-order chi connectivity index (χ1) is 12.7. The molecule has 2 heterocycles. The third-order valence-electron chi connectivity index (χ3n) is 5.07. The topological polar surface area (TPSA) is 52.0 Å². The van der Waals surface area contributed by atoms with Crippen LogP contribution in [-0.2, 0) is 11.3 Å². The van der Waals surface area contributed by atoms with E-state index in [1.165, 1.54) is 5.56 Å². The van der Waals surface area contributed by atoms with Gasteiger partial charge in [-0.2, -0.15) is 0 Å².